The van der Waals surface area contributed by atoms with Crippen LogP contribution in [0.15, 0.2) is 30.3 Å². The molecule has 0 radical (unpaired) electrons. The Balaban J connectivity index is 1.75. The highest BCUT2D eigenvalue weighted by Gasteiger charge is 2.20. The van der Waals surface area contributed by atoms with E-state index in [1.165, 1.54) is 23.3 Å². The molecule has 3 rings (SSSR count). The predicted molar refractivity (Wildman–Crippen MR) is 88.2 cm³/mol. The third-order valence-electron chi connectivity index (χ3n) is 3.92. The molecular formula is C17H18ClNOS. The van der Waals surface area contributed by atoms with Crippen molar-refractivity contribution in [1.29, 1.82) is 0 Å². The monoisotopic (exact) mass is 319 g/mol. The van der Waals surface area contributed by atoms with Gasteiger partial charge in [-0.05, 0) is 48.9 Å². The molecule has 110 valence electrons. The lowest BCUT2D eigenvalue weighted by molar-refractivity contribution is 0.0790. The van der Waals surface area contributed by atoms with E-state index in [0.29, 0.717) is 11.6 Å². The van der Waals surface area contributed by atoms with Gasteiger partial charge in [-0.1, -0.05) is 29.8 Å². The summed E-state index contributed by atoms with van der Waals surface area (Å²) in [5, 5.41) is 0.711. The Bertz CT molecular complexity index is 641. The molecule has 0 bridgehead atoms. The normalized spacial score (nSPS) is 13.8. The molecule has 0 saturated carbocycles. The van der Waals surface area contributed by atoms with E-state index in [1.54, 1.807) is 16.2 Å². The summed E-state index contributed by atoms with van der Waals surface area (Å²) < 4.78 is 0. The smallest absolute Gasteiger partial charge is 0.263 e. The van der Waals surface area contributed by atoms with Gasteiger partial charge in [-0.2, -0.15) is 0 Å². The van der Waals surface area contributed by atoms with Crippen molar-refractivity contribution in [3.63, 3.8) is 0 Å². The van der Waals surface area contributed by atoms with Gasteiger partial charge in [0.15, 0.2) is 0 Å². The quantitative estimate of drug-likeness (QED) is 0.812. The SMILES string of the molecule is CN(Cc1ccccc1Cl)C(=O)c1cc2c(s1)CCCC2. The number of fused-ring (bicyclic) bond motifs is 1. The van der Waals surface area contributed by atoms with E-state index < -0.39 is 0 Å². The van der Waals surface area contributed by atoms with E-state index in [-0.39, 0.29) is 5.91 Å². The van der Waals surface area contributed by atoms with E-state index in [0.717, 1.165) is 23.3 Å². The first-order chi connectivity index (χ1) is 10.1. The minimum atomic E-state index is 0.0920. The van der Waals surface area contributed by atoms with Crippen LogP contribution in [0.4, 0.5) is 0 Å². The van der Waals surface area contributed by atoms with Crippen molar-refractivity contribution >= 4 is 28.8 Å². The van der Waals surface area contributed by atoms with Crippen LogP contribution in [0.1, 0.15) is 38.5 Å². The van der Waals surface area contributed by atoms with Gasteiger partial charge in [0, 0.05) is 23.5 Å². The number of hydrogen-bond donors (Lipinski definition) is 0. The van der Waals surface area contributed by atoms with E-state index in [4.69, 9.17) is 11.6 Å². The zero-order chi connectivity index (χ0) is 14.8. The van der Waals surface area contributed by atoms with Crippen LogP contribution in [0.25, 0.3) is 0 Å². The molecule has 4 heteroatoms. The molecule has 0 aliphatic heterocycles. The van der Waals surface area contributed by atoms with E-state index >= 15 is 0 Å². The zero-order valence-corrected chi connectivity index (χ0v) is 13.6. The largest absolute Gasteiger partial charge is 0.337 e. The van der Waals surface area contributed by atoms with Gasteiger partial charge in [-0.15, -0.1) is 11.3 Å². The van der Waals surface area contributed by atoms with Gasteiger partial charge in [0.25, 0.3) is 5.91 Å². The maximum absolute atomic E-state index is 12.6. The fourth-order valence-corrected chi connectivity index (χ4v) is 4.18. The van der Waals surface area contributed by atoms with Crippen LogP contribution < -0.4 is 0 Å². The first kappa shape index (κ1) is 14.6. The Morgan fingerprint density at radius 2 is 2.05 bits per heavy atom. The van der Waals surface area contributed by atoms with Gasteiger partial charge in [-0.3, -0.25) is 4.79 Å². The summed E-state index contributed by atoms with van der Waals surface area (Å²) >= 11 is 7.83. The fourth-order valence-electron chi connectivity index (χ4n) is 2.74. The lowest BCUT2D eigenvalue weighted by Gasteiger charge is -2.17. The molecule has 2 nitrogen and oxygen atoms in total. The van der Waals surface area contributed by atoms with Crippen molar-refractivity contribution in [1.82, 2.24) is 4.90 Å². The van der Waals surface area contributed by atoms with Gasteiger partial charge in [0.05, 0.1) is 4.88 Å². The topological polar surface area (TPSA) is 20.3 Å². The molecule has 0 N–H and O–H groups in total. The predicted octanol–water partition coefficient (Wildman–Crippen LogP) is 4.55. The lowest BCUT2D eigenvalue weighted by Crippen LogP contribution is -2.25. The average Bonchev–Trinajstić information content (AvgIpc) is 2.92. The molecule has 1 aliphatic rings. The molecule has 1 heterocycles. The Hall–Kier alpha value is -1.32. The average molecular weight is 320 g/mol. The molecular weight excluding hydrogens is 302 g/mol. The van der Waals surface area contributed by atoms with Crippen LogP contribution in [-0.2, 0) is 19.4 Å². The van der Waals surface area contributed by atoms with Gasteiger partial charge in [0.1, 0.15) is 0 Å². The maximum atomic E-state index is 12.6. The van der Waals surface area contributed by atoms with Gasteiger partial charge < -0.3 is 4.90 Å². The first-order valence-corrected chi connectivity index (χ1v) is 8.45. The van der Waals surface area contributed by atoms with Crippen molar-refractivity contribution in [3.8, 4) is 0 Å². The number of benzene rings is 1. The van der Waals surface area contributed by atoms with Crippen LogP contribution in [0, 0.1) is 0 Å². The Kier molecular flexibility index (Phi) is 4.32. The molecule has 0 unspecified atom stereocenters. The second kappa shape index (κ2) is 6.20. The Labute approximate surface area is 134 Å². The third-order valence-corrected chi connectivity index (χ3v) is 5.51. The maximum Gasteiger partial charge on any atom is 0.263 e. The molecule has 0 fully saturated rings. The summed E-state index contributed by atoms with van der Waals surface area (Å²) in [7, 11) is 1.84. The number of nitrogens with zero attached hydrogens (tertiary/aromatic N) is 1. The summed E-state index contributed by atoms with van der Waals surface area (Å²) in [5.74, 6) is 0.0920. The fraction of sp³-hybridized carbons (Fsp3) is 0.353. The van der Waals surface area contributed by atoms with Crippen LogP contribution in [0.3, 0.4) is 0 Å². The van der Waals surface area contributed by atoms with Gasteiger partial charge in [-0.25, -0.2) is 0 Å². The lowest BCUT2D eigenvalue weighted by atomic mass is 9.99. The molecule has 1 amide bonds. The Morgan fingerprint density at radius 1 is 1.29 bits per heavy atom. The van der Waals surface area contributed by atoms with Gasteiger partial charge in [0.2, 0.25) is 0 Å². The van der Waals surface area contributed by atoms with Crippen LogP contribution in [0.5, 0.6) is 0 Å². The van der Waals surface area contributed by atoms with Gasteiger partial charge >= 0.3 is 0 Å². The molecule has 0 saturated heterocycles. The molecule has 1 aromatic heterocycles. The molecule has 0 atom stereocenters. The molecule has 1 aromatic carbocycles. The number of thiophene rings is 1. The molecule has 0 spiro atoms. The number of carbonyl (C=O) groups is 1. The minimum absolute atomic E-state index is 0.0920. The van der Waals surface area contributed by atoms with Crippen molar-refractivity contribution in [3.05, 3.63) is 56.2 Å². The number of amides is 1. The summed E-state index contributed by atoms with van der Waals surface area (Å²) in [5.41, 5.74) is 2.36. The van der Waals surface area contributed by atoms with E-state index in [2.05, 4.69) is 6.07 Å². The zero-order valence-electron chi connectivity index (χ0n) is 12.1. The van der Waals surface area contributed by atoms with Crippen molar-refractivity contribution in [2.75, 3.05) is 7.05 Å². The van der Waals surface area contributed by atoms with Crippen molar-refractivity contribution < 1.29 is 4.79 Å². The highest BCUT2D eigenvalue weighted by molar-refractivity contribution is 7.14. The number of aryl methyl sites for hydroxylation is 2. The third kappa shape index (κ3) is 3.14. The summed E-state index contributed by atoms with van der Waals surface area (Å²) in [6, 6.07) is 9.76. The van der Waals surface area contributed by atoms with E-state index in [1.807, 2.05) is 31.3 Å². The highest BCUT2D eigenvalue weighted by atomic mass is 35.5. The molecule has 2 aromatic rings. The minimum Gasteiger partial charge on any atom is -0.337 e. The second-order valence-corrected chi connectivity index (χ2v) is 7.06. The highest BCUT2D eigenvalue weighted by Crippen LogP contribution is 2.30. The molecule has 21 heavy (non-hydrogen) atoms. The molecule has 1 aliphatic carbocycles. The summed E-state index contributed by atoms with van der Waals surface area (Å²) in [6.45, 7) is 0.543. The number of halogens is 1. The van der Waals surface area contributed by atoms with Crippen molar-refractivity contribution in [2.45, 2.75) is 32.2 Å². The number of rotatable bonds is 3. The Morgan fingerprint density at radius 3 is 2.81 bits per heavy atom. The summed E-state index contributed by atoms with van der Waals surface area (Å²) in [4.78, 5) is 16.6. The standard InChI is InChI=1S/C17H18ClNOS/c1-19(11-13-7-2-4-8-14(13)18)17(20)16-10-12-6-3-5-9-15(12)21-16/h2,4,7-8,10H,3,5-6,9,11H2,1H3. The van der Waals surface area contributed by atoms with Crippen LogP contribution in [-0.4, -0.2) is 17.9 Å². The van der Waals surface area contributed by atoms with Crippen LogP contribution in [0.2, 0.25) is 5.02 Å². The summed E-state index contributed by atoms with van der Waals surface area (Å²) in [6.07, 6.45) is 4.73. The van der Waals surface area contributed by atoms with Crippen LogP contribution >= 0.6 is 22.9 Å². The number of hydrogen-bond acceptors (Lipinski definition) is 2. The first-order valence-electron chi connectivity index (χ1n) is 7.25. The van der Waals surface area contributed by atoms with E-state index in [9.17, 15) is 4.79 Å². The number of carbonyl (C=O) groups excluding carboxylic acids is 1. The second-order valence-electron chi connectivity index (χ2n) is 5.52. The van der Waals surface area contributed by atoms with Crippen molar-refractivity contribution in [2.24, 2.45) is 0 Å².